The summed E-state index contributed by atoms with van der Waals surface area (Å²) in [5.74, 6) is -2.31. The summed E-state index contributed by atoms with van der Waals surface area (Å²) in [5, 5.41) is 0. The number of carbonyl (C=O) groups excluding carboxylic acids is 3. The maximum atomic E-state index is 12.0. The highest BCUT2D eigenvalue weighted by atomic mass is 16.5. The van der Waals surface area contributed by atoms with Crippen LogP contribution in [0.1, 0.15) is 23.7 Å². The van der Waals surface area contributed by atoms with Crippen molar-refractivity contribution < 1.29 is 19.1 Å². The third-order valence-corrected chi connectivity index (χ3v) is 2.35. The third-order valence-electron chi connectivity index (χ3n) is 2.35. The van der Waals surface area contributed by atoms with Crippen LogP contribution >= 0.6 is 0 Å². The number of methoxy groups -OCH3 is 1. The first kappa shape index (κ1) is 13.1. The lowest BCUT2D eigenvalue weighted by Gasteiger charge is -2.11. The van der Waals surface area contributed by atoms with E-state index in [1.54, 1.807) is 30.3 Å². The van der Waals surface area contributed by atoms with Crippen LogP contribution in [-0.4, -0.2) is 24.6 Å². The molecule has 0 heterocycles. The van der Waals surface area contributed by atoms with E-state index in [1.807, 2.05) is 0 Å². The number of ether oxygens (including phenoxy) is 1. The Labute approximate surface area is 99.6 Å². The predicted molar refractivity (Wildman–Crippen MR) is 61.6 cm³/mol. The summed E-state index contributed by atoms with van der Waals surface area (Å²) in [4.78, 5) is 34.5. The van der Waals surface area contributed by atoms with Crippen LogP contribution in [0.15, 0.2) is 30.3 Å². The van der Waals surface area contributed by atoms with Gasteiger partial charge in [-0.3, -0.25) is 14.4 Å². The molecule has 1 aromatic rings. The summed E-state index contributed by atoms with van der Waals surface area (Å²) in [6.07, 6.45) is -0.125. The van der Waals surface area contributed by atoms with Crippen LogP contribution in [0.5, 0.6) is 0 Å². The topological polar surface area (TPSA) is 60.4 Å². The van der Waals surface area contributed by atoms with Gasteiger partial charge in [0.1, 0.15) is 11.7 Å². The second-order valence-corrected chi connectivity index (χ2v) is 3.71. The highest BCUT2D eigenvalue weighted by molar-refractivity contribution is 6.10. The Morgan fingerprint density at radius 3 is 2.24 bits per heavy atom. The van der Waals surface area contributed by atoms with E-state index in [9.17, 15) is 14.4 Å². The van der Waals surface area contributed by atoms with E-state index in [2.05, 4.69) is 4.74 Å². The molecule has 0 radical (unpaired) electrons. The number of hydrogen-bond donors (Lipinski definition) is 0. The van der Waals surface area contributed by atoms with Crippen molar-refractivity contribution in [3.8, 4) is 0 Å². The Morgan fingerprint density at radius 1 is 1.18 bits per heavy atom. The number of rotatable bonds is 5. The van der Waals surface area contributed by atoms with E-state index >= 15 is 0 Å². The Bertz CT molecular complexity index is 422. The van der Waals surface area contributed by atoms with Crippen LogP contribution in [0.4, 0.5) is 0 Å². The van der Waals surface area contributed by atoms with Gasteiger partial charge in [0.2, 0.25) is 0 Å². The van der Waals surface area contributed by atoms with Gasteiger partial charge in [-0.1, -0.05) is 30.3 Å². The molecule has 1 unspecified atom stereocenters. The second kappa shape index (κ2) is 5.94. The number of benzene rings is 1. The van der Waals surface area contributed by atoms with Gasteiger partial charge in [0.05, 0.1) is 7.11 Å². The Morgan fingerprint density at radius 2 is 1.76 bits per heavy atom. The molecular formula is C13H14O4. The molecular weight excluding hydrogens is 220 g/mol. The van der Waals surface area contributed by atoms with E-state index in [-0.39, 0.29) is 18.0 Å². The van der Waals surface area contributed by atoms with Gasteiger partial charge in [0, 0.05) is 12.0 Å². The van der Waals surface area contributed by atoms with Crippen LogP contribution in [0.2, 0.25) is 0 Å². The Hall–Kier alpha value is -1.97. The highest BCUT2D eigenvalue weighted by Gasteiger charge is 2.29. The molecule has 0 N–H and O–H groups in total. The molecule has 0 fully saturated rings. The molecule has 1 rings (SSSR count). The van der Waals surface area contributed by atoms with Crippen molar-refractivity contribution in [3.63, 3.8) is 0 Å². The molecule has 0 amide bonds. The zero-order valence-corrected chi connectivity index (χ0v) is 9.80. The minimum absolute atomic E-state index is 0.125. The fourth-order valence-electron chi connectivity index (χ4n) is 1.52. The van der Waals surface area contributed by atoms with Gasteiger partial charge in [-0.25, -0.2) is 0 Å². The van der Waals surface area contributed by atoms with Crippen LogP contribution in [0.25, 0.3) is 0 Å². The van der Waals surface area contributed by atoms with Crippen LogP contribution in [0, 0.1) is 5.92 Å². The highest BCUT2D eigenvalue weighted by Crippen LogP contribution is 2.14. The molecule has 0 aromatic heterocycles. The molecule has 0 saturated carbocycles. The minimum atomic E-state index is -1.04. The monoisotopic (exact) mass is 234 g/mol. The second-order valence-electron chi connectivity index (χ2n) is 3.71. The van der Waals surface area contributed by atoms with Crippen LogP contribution in [-0.2, 0) is 14.3 Å². The average molecular weight is 234 g/mol. The zero-order valence-electron chi connectivity index (χ0n) is 9.80. The quantitative estimate of drug-likeness (QED) is 0.441. The Kier molecular flexibility index (Phi) is 4.57. The lowest BCUT2D eigenvalue weighted by molar-refractivity contribution is -0.145. The number of ketones is 2. The van der Waals surface area contributed by atoms with E-state index in [4.69, 9.17) is 0 Å². The molecule has 0 aliphatic heterocycles. The van der Waals surface area contributed by atoms with E-state index in [1.165, 1.54) is 14.0 Å². The lowest BCUT2D eigenvalue weighted by Crippen LogP contribution is -2.27. The van der Waals surface area contributed by atoms with Gasteiger partial charge in [0.15, 0.2) is 5.78 Å². The zero-order chi connectivity index (χ0) is 12.8. The number of esters is 1. The maximum absolute atomic E-state index is 12.0. The standard InChI is InChI=1S/C13H14O4/c1-9(14)8-11(13(16)17-2)12(15)10-6-4-3-5-7-10/h3-7,11H,8H2,1-2H3. The van der Waals surface area contributed by atoms with Crippen molar-refractivity contribution in [2.45, 2.75) is 13.3 Å². The van der Waals surface area contributed by atoms with Crippen molar-refractivity contribution in [2.24, 2.45) is 5.92 Å². The van der Waals surface area contributed by atoms with Gasteiger partial charge in [-0.2, -0.15) is 0 Å². The summed E-state index contributed by atoms with van der Waals surface area (Å²) < 4.78 is 4.54. The first-order valence-electron chi connectivity index (χ1n) is 5.22. The van der Waals surface area contributed by atoms with Crippen molar-refractivity contribution in [1.29, 1.82) is 0 Å². The summed E-state index contributed by atoms with van der Waals surface area (Å²) in [6, 6.07) is 8.40. The summed E-state index contributed by atoms with van der Waals surface area (Å²) in [7, 11) is 1.20. The first-order valence-corrected chi connectivity index (χ1v) is 5.22. The fraction of sp³-hybridized carbons (Fsp3) is 0.308. The molecule has 4 heteroatoms. The third kappa shape index (κ3) is 3.52. The number of Topliss-reactive ketones (excluding diaryl/α,β-unsaturated/α-hetero) is 2. The first-order chi connectivity index (χ1) is 8.06. The molecule has 1 aromatic carbocycles. The van der Waals surface area contributed by atoms with Gasteiger partial charge >= 0.3 is 5.97 Å². The fourth-order valence-corrected chi connectivity index (χ4v) is 1.52. The van der Waals surface area contributed by atoms with Gasteiger partial charge < -0.3 is 4.74 Å². The van der Waals surface area contributed by atoms with Crippen molar-refractivity contribution in [2.75, 3.05) is 7.11 Å². The largest absolute Gasteiger partial charge is 0.468 e. The smallest absolute Gasteiger partial charge is 0.317 e. The number of carbonyl (C=O) groups is 3. The summed E-state index contributed by atoms with van der Waals surface area (Å²) >= 11 is 0. The van der Waals surface area contributed by atoms with E-state index in [0.717, 1.165) is 0 Å². The molecule has 0 bridgehead atoms. The van der Waals surface area contributed by atoms with E-state index < -0.39 is 11.9 Å². The number of hydrogen-bond acceptors (Lipinski definition) is 4. The molecule has 0 spiro atoms. The van der Waals surface area contributed by atoms with E-state index in [0.29, 0.717) is 5.56 Å². The molecule has 0 aliphatic carbocycles. The van der Waals surface area contributed by atoms with Crippen molar-refractivity contribution in [1.82, 2.24) is 0 Å². The normalized spacial score (nSPS) is 11.6. The molecule has 4 nitrogen and oxygen atoms in total. The molecule has 0 saturated heterocycles. The van der Waals surface area contributed by atoms with Crippen molar-refractivity contribution >= 4 is 17.5 Å². The average Bonchev–Trinajstić information content (AvgIpc) is 2.35. The summed E-state index contributed by atoms with van der Waals surface area (Å²) in [6.45, 7) is 1.34. The minimum Gasteiger partial charge on any atom is -0.468 e. The lowest BCUT2D eigenvalue weighted by atomic mass is 9.93. The maximum Gasteiger partial charge on any atom is 0.317 e. The molecule has 17 heavy (non-hydrogen) atoms. The molecule has 1 atom stereocenters. The van der Waals surface area contributed by atoms with Gasteiger partial charge in [-0.05, 0) is 6.92 Å². The Balaban J connectivity index is 2.94. The van der Waals surface area contributed by atoms with Crippen LogP contribution < -0.4 is 0 Å². The van der Waals surface area contributed by atoms with Gasteiger partial charge in [0.25, 0.3) is 0 Å². The SMILES string of the molecule is COC(=O)C(CC(C)=O)C(=O)c1ccccc1. The van der Waals surface area contributed by atoms with Crippen molar-refractivity contribution in [3.05, 3.63) is 35.9 Å². The van der Waals surface area contributed by atoms with Gasteiger partial charge in [-0.15, -0.1) is 0 Å². The molecule has 90 valence electrons. The van der Waals surface area contributed by atoms with Crippen LogP contribution in [0.3, 0.4) is 0 Å². The summed E-state index contributed by atoms with van der Waals surface area (Å²) in [5.41, 5.74) is 0.407. The predicted octanol–water partition coefficient (Wildman–Crippen LogP) is 1.64. The molecule has 0 aliphatic rings.